The molecule has 4 rings (SSSR count). The molecule has 3 heterocycles. The van der Waals surface area contributed by atoms with Gasteiger partial charge in [-0.15, -0.1) is 0 Å². The van der Waals surface area contributed by atoms with Gasteiger partial charge in [-0.1, -0.05) is 24.6 Å². The molecule has 0 saturated carbocycles. The van der Waals surface area contributed by atoms with Gasteiger partial charge in [0, 0.05) is 42.7 Å². The number of hydrogen-bond donors (Lipinski definition) is 0. The number of methoxy groups -OCH3 is 1. The number of aryl methyl sites for hydroxylation is 4. The highest BCUT2D eigenvalue weighted by molar-refractivity contribution is 6.35. The smallest absolute Gasteiger partial charge is 0.354 e. The van der Waals surface area contributed by atoms with Crippen LogP contribution in [-0.2, 0) is 47.1 Å². The normalized spacial score (nSPS) is 12.9. The molecule has 1 aliphatic rings. The maximum absolute atomic E-state index is 12.8. The fourth-order valence-electron chi connectivity index (χ4n) is 4.84. The van der Waals surface area contributed by atoms with E-state index in [2.05, 4.69) is 11.6 Å². The van der Waals surface area contributed by atoms with Crippen molar-refractivity contribution in [3.8, 4) is 11.1 Å². The summed E-state index contributed by atoms with van der Waals surface area (Å²) in [7, 11) is 3.26. The van der Waals surface area contributed by atoms with Gasteiger partial charge in [0.1, 0.15) is 5.69 Å². The first-order valence-electron chi connectivity index (χ1n) is 11.0. The lowest BCUT2D eigenvalue weighted by molar-refractivity contribution is -0.141. The molecule has 2 aromatic heterocycles. The Morgan fingerprint density at radius 2 is 2.03 bits per heavy atom. The second-order valence-electron chi connectivity index (χ2n) is 8.09. The molecule has 0 radical (unpaired) electrons. The van der Waals surface area contributed by atoms with Crippen LogP contribution in [0.25, 0.3) is 22.0 Å². The van der Waals surface area contributed by atoms with E-state index < -0.39 is 5.97 Å². The number of nitrogens with zero attached hydrogens (tertiary/aromatic N) is 3. The number of aromatic nitrogens is 3. The largest absolute Gasteiger partial charge is 0.466 e. The lowest BCUT2D eigenvalue weighted by Gasteiger charge is -2.11. The van der Waals surface area contributed by atoms with E-state index in [0.717, 1.165) is 59.1 Å². The van der Waals surface area contributed by atoms with E-state index in [9.17, 15) is 9.59 Å². The minimum Gasteiger partial charge on any atom is -0.466 e. The number of carbonyl (C=O) groups is 2. The second-order valence-corrected chi connectivity index (χ2v) is 8.50. The summed E-state index contributed by atoms with van der Waals surface area (Å²) in [6, 6.07) is 3.86. The van der Waals surface area contributed by atoms with Gasteiger partial charge >= 0.3 is 11.9 Å². The van der Waals surface area contributed by atoms with Gasteiger partial charge in [0.2, 0.25) is 0 Å². The van der Waals surface area contributed by atoms with Gasteiger partial charge in [-0.2, -0.15) is 5.10 Å². The van der Waals surface area contributed by atoms with Gasteiger partial charge < -0.3 is 14.0 Å². The number of fused-ring (bicyclic) bond motifs is 2. The van der Waals surface area contributed by atoms with Crippen LogP contribution in [0.5, 0.6) is 0 Å². The van der Waals surface area contributed by atoms with Crippen LogP contribution < -0.4 is 0 Å². The zero-order valence-electron chi connectivity index (χ0n) is 19.0. The zero-order chi connectivity index (χ0) is 23.0. The Balaban J connectivity index is 1.94. The van der Waals surface area contributed by atoms with Crippen LogP contribution in [0.2, 0.25) is 5.02 Å². The number of rotatable bonds is 7. The van der Waals surface area contributed by atoms with E-state index in [4.69, 9.17) is 26.2 Å². The molecule has 0 bridgehead atoms. The van der Waals surface area contributed by atoms with E-state index in [1.54, 1.807) is 0 Å². The molecule has 1 aromatic carbocycles. The number of carbonyl (C=O) groups excluding carboxylic acids is 2. The van der Waals surface area contributed by atoms with Gasteiger partial charge in [0.05, 0.1) is 29.9 Å². The molecule has 8 heteroatoms. The summed E-state index contributed by atoms with van der Waals surface area (Å²) in [6.07, 6.45) is 3.99. The predicted octanol–water partition coefficient (Wildman–Crippen LogP) is 4.49. The van der Waals surface area contributed by atoms with Crippen LogP contribution in [0.4, 0.5) is 0 Å². The van der Waals surface area contributed by atoms with E-state index >= 15 is 0 Å². The summed E-state index contributed by atoms with van der Waals surface area (Å²) >= 11 is 6.81. The Bertz CT molecular complexity index is 1210. The van der Waals surface area contributed by atoms with Crippen molar-refractivity contribution in [3.05, 3.63) is 39.8 Å². The van der Waals surface area contributed by atoms with Crippen molar-refractivity contribution in [2.45, 2.75) is 52.5 Å². The van der Waals surface area contributed by atoms with E-state index in [1.165, 1.54) is 19.7 Å². The number of esters is 2. The molecule has 0 N–H and O–H groups in total. The van der Waals surface area contributed by atoms with Crippen LogP contribution in [-0.4, -0.2) is 40.0 Å². The molecule has 170 valence electrons. The van der Waals surface area contributed by atoms with Gasteiger partial charge in [0.25, 0.3) is 0 Å². The van der Waals surface area contributed by atoms with Crippen molar-refractivity contribution in [1.82, 2.24) is 14.3 Å². The van der Waals surface area contributed by atoms with Crippen LogP contribution in [0.3, 0.4) is 0 Å². The van der Waals surface area contributed by atoms with Gasteiger partial charge in [-0.3, -0.25) is 9.48 Å². The molecule has 7 nitrogen and oxygen atoms in total. The summed E-state index contributed by atoms with van der Waals surface area (Å²) in [5.74, 6) is -0.712. The molecule has 0 fully saturated rings. The molecule has 0 aliphatic carbocycles. The number of benzene rings is 1. The van der Waals surface area contributed by atoms with E-state index in [0.29, 0.717) is 30.2 Å². The maximum atomic E-state index is 12.8. The topological polar surface area (TPSA) is 75.3 Å². The second kappa shape index (κ2) is 8.98. The lowest BCUT2D eigenvalue weighted by Crippen LogP contribution is -2.11. The molecule has 32 heavy (non-hydrogen) atoms. The highest BCUT2D eigenvalue weighted by Gasteiger charge is 2.29. The van der Waals surface area contributed by atoms with Crippen molar-refractivity contribution >= 4 is 34.4 Å². The Kier molecular flexibility index (Phi) is 6.29. The van der Waals surface area contributed by atoms with Crippen molar-refractivity contribution in [2.75, 3.05) is 13.7 Å². The minimum atomic E-state index is -0.399. The summed E-state index contributed by atoms with van der Waals surface area (Å²) < 4.78 is 14.2. The van der Waals surface area contributed by atoms with Gasteiger partial charge in [-0.25, -0.2) is 4.79 Å². The molecule has 3 aromatic rings. The fraction of sp³-hybridized carbons (Fsp3) is 0.458. The number of hydrogen-bond acceptors (Lipinski definition) is 5. The van der Waals surface area contributed by atoms with Crippen molar-refractivity contribution in [2.24, 2.45) is 7.05 Å². The zero-order valence-corrected chi connectivity index (χ0v) is 19.7. The third-order valence-corrected chi connectivity index (χ3v) is 6.48. The summed E-state index contributed by atoms with van der Waals surface area (Å²) in [5.41, 5.74) is 6.50. The molecule has 0 atom stereocenters. The van der Waals surface area contributed by atoms with Gasteiger partial charge in [-0.05, 0) is 43.7 Å². The van der Waals surface area contributed by atoms with Crippen LogP contribution in [0.1, 0.15) is 54.1 Å². The molecule has 0 spiro atoms. The Morgan fingerprint density at radius 1 is 1.25 bits per heavy atom. The Morgan fingerprint density at radius 3 is 2.72 bits per heavy atom. The third kappa shape index (κ3) is 3.68. The fourth-order valence-corrected chi connectivity index (χ4v) is 5.08. The SMILES string of the molecule is CCc1nn2c(c1-c1c(Cl)ccc3c(CCCOC(C)=O)c(C(=O)OC)n(C)c13)CCC2. The molecule has 1 aliphatic heterocycles. The molecule has 0 amide bonds. The average Bonchev–Trinajstić information content (AvgIpc) is 3.43. The summed E-state index contributed by atoms with van der Waals surface area (Å²) in [6.45, 7) is 4.70. The monoisotopic (exact) mass is 457 g/mol. The quantitative estimate of drug-likeness (QED) is 0.386. The molecule has 0 unspecified atom stereocenters. The molecular formula is C24H28ClN3O4. The number of ether oxygens (including phenoxy) is 2. The van der Waals surface area contributed by atoms with Crippen LogP contribution in [0, 0.1) is 0 Å². The van der Waals surface area contributed by atoms with Gasteiger partial charge in [0.15, 0.2) is 0 Å². The van der Waals surface area contributed by atoms with Crippen LogP contribution >= 0.6 is 11.6 Å². The van der Waals surface area contributed by atoms with E-state index in [1.807, 2.05) is 23.7 Å². The summed E-state index contributed by atoms with van der Waals surface area (Å²) in [5, 5.41) is 6.42. The summed E-state index contributed by atoms with van der Waals surface area (Å²) in [4.78, 5) is 23.9. The highest BCUT2D eigenvalue weighted by Crippen LogP contribution is 2.43. The first-order chi connectivity index (χ1) is 15.4. The standard InChI is InChI=1S/C24H28ClN3O4/c1-5-18-21(19-9-6-12-28(19)26-18)20-17(25)11-10-16-15(8-7-13-32-14(2)29)23(24(30)31-4)27(3)22(16)20/h10-11H,5-9,12-13H2,1-4H3. The predicted molar refractivity (Wildman–Crippen MR) is 123 cm³/mol. The maximum Gasteiger partial charge on any atom is 0.354 e. The van der Waals surface area contributed by atoms with Crippen LogP contribution in [0.15, 0.2) is 12.1 Å². The first-order valence-corrected chi connectivity index (χ1v) is 11.4. The lowest BCUT2D eigenvalue weighted by atomic mass is 9.96. The first kappa shape index (κ1) is 22.4. The highest BCUT2D eigenvalue weighted by atomic mass is 35.5. The minimum absolute atomic E-state index is 0.295. The third-order valence-electron chi connectivity index (χ3n) is 6.16. The van der Waals surface area contributed by atoms with E-state index in [-0.39, 0.29) is 5.97 Å². The average molecular weight is 458 g/mol. The molecular weight excluding hydrogens is 430 g/mol. The number of halogens is 1. The molecule has 0 saturated heterocycles. The Hall–Kier alpha value is -2.80. The van der Waals surface area contributed by atoms with Crippen molar-refractivity contribution < 1.29 is 19.1 Å². The van der Waals surface area contributed by atoms with Crippen molar-refractivity contribution in [1.29, 1.82) is 0 Å². The Labute approximate surface area is 192 Å². The van der Waals surface area contributed by atoms with Crippen molar-refractivity contribution in [3.63, 3.8) is 0 Å².